The Morgan fingerprint density at radius 2 is 1.91 bits per heavy atom. The number of ether oxygens (including phenoxy) is 1. The second-order valence-electron chi connectivity index (χ2n) is 9.01. The molecule has 0 bridgehead atoms. The highest BCUT2D eigenvalue weighted by Gasteiger charge is 2.28. The average Bonchev–Trinajstić information content (AvgIpc) is 2.72. The van der Waals surface area contributed by atoms with E-state index >= 15 is 0 Å². The number of urea groups is 1. The molecule has 0 fully saturated rings. The molecule has 3 aromatic rings. The van der Waals surface area contributed by atoms with Gasteiger partial charge in [-0.15, -0.1) is 0 Å². The van der Waals surface area contributed by atoms with Gasteiger partial charge in [0, 0.05) is 19.2 Å². The van der Waals surface area contributed by atoms with Gasteiger partial charge in [0.15, 0.2) is 0 Å². The maximum absolute atomic E-state index is 13.6. The quantitative estimate of drug-likeness (QED) is 0.628. The number of methoxy groups -OCH3 is 1. The largest absolute Gasteiger partial charge is 0.383 e. The van der Waals surface area contributed by atoms with Crippen LogP contribution in [-0.4, -0.2) is 46.3 Å². The first-order chi connectivity index (χ1) is 15.1. The molecule has 2 aromatic carbocycles. The van der Waals surface area contributed by atoms with E-state index in [1.165, 1.54) is 0 Å². The first kappa shape index (κ1) is 23.5. The number of para-hydroxylation sites is 1. The van der Waals surface area contributed by atoms with Gasteiger partial charge in [0.1, 0.15) is 5.82 Å². The topological polar surface area (TPSA) is 76.5 Å². The van der Waals surface area contributed by atoms with Crippen LogP contribution in [0.3, 0.4) is 0 Å². The number of benzene rings is 2. The van der Waals surface area contributed by atoms with Crippen LogP contribution in [0.5, 0.6) is 0 Å². The summed E-state index contributed by atoms with van der Waals surface area (Å²) in [5.41, 5.74) is 1.79. The zero-order valence-electron chi connectivity index (χ0n) is 19.7. The SMILES string of the molecule is COCCN(C(=O)NC(C)(C)C)C(C)c1nc2ccccc2c(=O)n1-c1cccc(C)c1. The number of amides is 2. The van der Waals surface area contributed by atoms with Gasteiger partial charge in [-0.05, 0) is 64.4 Å². The number of fused-ring (bicyclic) bond motifs is 1. The Kier molecular flexibility index (Phi) is 6.99. The lowest BCUT2D eigenvalue weighted by Crippen LogP contribution is -2.50. The van der Waals surface area contributed by atoms with Crippen LogP contribution < -0.4 is 10.9 Å². The van der Waals surface area contributed by atoms with E-state index in [1.54, 1.807) is 22.6 Å². The number of nitrogens with one attached hydrogen (secondary N) is 1. The summed E-state index contributed by atoms with van der Waals surface area (Å²) in [6.07, 6.45) is 0. The Labute approximate surface area is 189 Å². The predicted octanol–water partition coefficient (Wildman–Crippen LogP) is 4.21. The molecule has 0 radical (unpaired) electrons. The van der Waals surface area contributed by atoms with E-state index in [-0.39, 0.29) is 11.6 Å². The Bertz CT molecular complexity index is 1160. The molecular weight excluding hydrogens is 404 g/mol. The fourth-order valence-electron chi connectivity index (χ4n) is 3.64. The summed E-state index contributed by atoms with van der Waals surface area (Å²) >= 11 is 0. The smallest absolute Gasteiger partial charge is 0.318 e. The number of rotatable bonds is 6. The third-order valence-corrected chi connectivity index (χ3v) is 5.18. The van der Waals surface area contributed by atoms with Crippen LogP contribution in [0.1, 0.15) is 45.1 Å². The minimum atomic E-state index is -0.481. The van der Waals surface area contributed by atoms with Crippen molar-refractivity contribution in [3.63, 3.8) is 0 Å². The van der Waals surface area contributed by atoms with Crippen LogP contribution in [-0.2, 0) is 4.74 Å². The predicted molar refractivity (Wildman–Crippen MR) is 127 cm³/mol. The highest BCUT2D eigenvalue weighted by Crippen LogP contribution is 2.23. The highest BCUT2D eigenvalue weighted by molar-refractivity contribution is 5.78. The van der Waals surface area contributed by atoms with Crippen molar-refractivity contribution in [2.75, 3.05) is 20.3 Å². The molecule has 0 aliphatic rings. The summed E-state index contributed by atoms with van der Waals surface area (Å²) in [5, 5.41) is 3.55. The van der Waals surface area contributed by atoms with E-state index in [9.17, 15) is 9.59 Å². The fraction of sp³-hybridized carbons (Fsp3) is 0.400. The van der Waals surface area contributed by atoms with Crippen molar-refractivity contribution in [3.8, 4) is 5.69 Å². The van der Waals surface area contributed by atoms with E-state index < -0.39 is 11.6 Å². The second-order valence-corrected chi connectivity index (χ2v) is 9.01. The molecule has 1 atom stereocenters. The first-order valence-electron chi connectivity index (χ1n) is 10.8. The van der Waals surface area contributed by atoms with E-state index in [2.05, 4.69) is 5.32 Å². The van der Waals surface area contributed by atoms with Gasteiger partial charge >= 0.3 is 6.03 Å². The van der Waals surface area contributed by atoms with Gasteiger partial charge in [0.25, 0.3) is 5.56 Å². The van der Waals surface area contributed by atoms with E-state index in [4.69, 9.17) is 9.72 Å². The van der Waals surface area contributed by atoms with Gasteiger partial charge in [-0.3, -0.25) is 9.36 Å². The highest BCUT2D eigenvalue weighted by atomic mass is 16.5. The second kappa shape index (κ2) is 9.53. The number of hydrogen-bond donors (Lipinski definition) is 1. The summed E-state index contributed by atoms with van der Waals surface area (Å²) in [7, 11) is 1.60. The van der Waals surface area contributed by atoms with E-state index in [1.807, 2.05) is 77.1 Å². The van der Waals surface area contributed by atoms with Crippen LogP contribution >= 0.6 is 0 Å². The minimum Gasteiger partial charge on any atom is -0.383 e. The molecule has 7 heteroatoms. The van der Waals surface area contributed by atoms with Crippen molar-refractivity contribution in [1.82, 2.24) is 19.8 Å². The van der Waals surface area contributed by atoms with Crippen LogP contribution in [0.25, 0.3) is 16.6 Å². The van der Waals surface area contributed by atoms with Gasteiger partial charge in [0.05, 0.1) is 29.2 Å². The van der Waals surface area contributed by atoms with Crippen LogP contribution in [0.2, 0.25) is 0 Å². The van der Waals surface area contributed by atoms with Crippen LogP contribution in [0.15, 0.2) is 53.3 Å². The lowest BCUT2D eigenvalue weighted by atomic mass is 10.1. The Morgan fingerprint density at radius 1 is 1.19 bits per heavy atom. The van der Waals surface area contributed by atoms with Crippen molar-refractivity contribution in [3.05, 3.63) is 70.3 Å². The number of aromatic nitrogens is 2. The van der Waals surface area contributed by atoms with E-state index in [0.29, 0.717) is 29.9 Å². The van der Waals surface area contributed by atoms with Crippen molar-refractivity contribution < 1.29 is 9.53 Å². The molecule has 3 rings (SSSR count). The van der Waals surface area contributed by atoms with Gasteiger partial charge in [-0.2, -0.15) is 0 Å². The zero-order chi connectivity index (χ0) is 23.5. The Morgan fingerprint density at radius 3 is 2.56 bits per heavy atom. The van der Waals surface area contributed by atoms with Gasteiger partial charge < -0.3 is 15.0 Å². The fourth-order valence-corrected chi connectivity index (χ4v) is 3.64. The molecule has 0 aliphatic heterocycles. The summed E-state index contributed by atoms with van der Waals surface area (Å²) in [4.78, 5) is 33.3. The summed E-state index contributed by atoms with van der Waals surface area (Å²) < 4.78 is 6.87. The first-order valence-corrected chi connectivity index (χ1v) is 10.8. The van der Waals surface area contributed by atoms with E-state index in [0.717, 1.165) is 11.3 Å². The van der Waals surface area contributed by atoms with Crippen LogP contribution in [0, 0.1) is 6.92 Å². The van der Waals surface area contributed by atoms with Gasteiger partial charge in [0.2, 0.25) is 0 Å². The molecule has 0 saturated carbocycles. The Hall–Kier alpha value is -3.19. The third kappa shape index (κ3) is 5.16. The number of carbonyl (C=O) groups excluding carboxylic acids is 1. The summed E-state index contributed by atoms with van der Waals surface area (Å²) in [6.45, 7) is 10.4. The monoisotopic (exact) mass is 436 g/mol. The molecule has 1 N–H and O–H groups in total. The summed E-state index contributed by atoms with van der Waals surface area (Å²) in [5.74, 6) is 0.500. The minimum absolute atomic E-state index is 0.161. The van der Waals surface area contributed by atoms with Gasteiger partial charge in [-0.1, -0.05) is 24.3 Å². The van der Waals surface area contributed by atoms with Crippen LogP contribution in [0.4, 0.5) is 4.79 Å². The lowest BCUT2D eigenvalue weighted by molar-refractivity contribution is 0.126. The molecule has 0 saturated heterocycles. The number of carbonyl (C=O) groups is 1. The third-order valence-electron chi connectivity index (χ3n) is 5.18. The van der Waals surface area contributed by atoms with Crippen molar-refractivity contribution in [2.24, 2.45) is 0 Å². The molecule has 1 unspecified atom stereocenters. The maximum atomic E-state index is 13.6. The van der Waals surface area contributed by atoms with Crippen molar-refractivity contribution in [2.45, 2.75) is 46.2 Å². The van der Waals surface area contributed by atoms with Gasteiger partial charge in [-0.25, -0.2) is 9.78 Å². The molecule has 1 aromatic heterocycles. The Balaban J connectivity index is 2.21. The molecular formula is C25H32N4O3. The molecule has 2 amide bonds. The molecule has 7 nitrogen and oxygen atoms in total. The molecule has 0 aliphatic carbocycles. The summed E-state index contributed by atoms with van der Waals surface area (Å²) in [6, 6.07) is 14.3. The van der Waals surface area contributed by atoms with Crippen molar-refractivity contribution in [1.29, 1.82) is 0 Å². The molecule has 1 heterocycles. The molecule has 170 valence electrons. The number of nitrogens with zero attached hydrogens (tertiary/aromatic N) is 3. The number of aryl methyl sites for hydroxylation is 1. The number of hydrogen-bond acceptors (Lipinski definition) is 4. The van der Waals surface area contributed by atoms with Crippen molar-refractivity contribution >= 4 is 16.9 Å². The lowest BCUT2D eigenvalue weighted by Gasteiger charge is -2.33. The molecule has 0 spiro atoms. The normalized spacial score (nSPS) is 12.6. The molecule has 32 heavy (non-hydrogen) atoms. The standard InChI is InChI=1S/C25H32N4O3/c1-17-10-9-11-19(16-17)29-22(26-21-13-8-7-12-20(21)23(29)30)18(2)28(14-15-32-6)24(31)27-25(3,4)5/h7-13,16,18H,14-15H2,1-6H3,(H,27,31). The average molecular weight is 437 g/mol. The zero-order valence-corrected chi connectivity index (χ0v) is 19.7. The maximum Gasteiger partial charge on any atom is 0.318 e.